The topological polar surface area (TPSA) is 31.6 Å². The normalized spacial score (nSPS) is 10.5. The summed E-state index contributed by atoms with van der Waals surface area (Å²) >= 11 is 0. The molecule has 0 amide bonds. The first-order valence-corrected chi connectivity index (χ1v) is 4.37. The predicted molar refractivity (Wildman–Crippen MR) is 54.1 cm³/mol. The Morgan fingerprint density at radius 3 is 2.36 bits per heavy atom. The quantitative estimate of drug-likeness (QED) is 0.733. The molecule has 3 heteroatoms. The van der Waals surface area contributed by atoms with E-state index in [1.54, 1.807) is 14.2 Å². The summed E-state index contributed by atoms with van der Waals surface area (Å²) in [6, 6.07) is 5.65. The van der Waals surface area contributed by atoms with Crippen LogP contribution in [0.5, 0.6) is 11.5 Å². The highest BCUT2D eigenvalue weighted by atomic mass is 16.5. The van der Waals surface area contributed by atoms with Gasteiger partial charge >= 0.3 is 0 Å². The summed E-state index contributed by atoms with van der Waals surface area (Å²) in [6.07, 6.45) is 0. The predicted octanol–water partition coefficient (Wildman–Crippen LogP) is 2.76. The lowest BCUT2D eigenvalue weighted by molar-refractivity contribution is 0.402. The standard InChI is InChI=1S/C11H12O3/c1-7-6-8-9(12-2)4-5-10(13-3)11(8)14-7/h4-6H,1-3H3. The van der Waals surface area contributed by atoms with E-state index in [1.165, 1.54) is 0 Å². The minimum atomic E-state index is 0.730. The molecule has 0 bridgehead atoms. The third-order valence-corrected chi connectivity index (χ3v) is 2.17. The molecule has 0 aliphatic heterocycles. The largest absolute Gasteiger partial charge is 0.496 e. The molecule has 0 radical (unpaired) electrons. The zero-order chi connectivity index (χ0) is 10.1. The second-order valence-corrected chi connectivity index (χ2v) is 3.07. The highest BCUT2D eigenvalue weighted by molar-refractivity contribution is 5.89. The van der Waals surface area contributed by atoms with E-state index >= 15 is 0 Å². The van der Waals surface area contributed by atoms with Crippen molar-refractivity contribution in [1.82, 2.24) is 0 Å². The number of methoxy groups -OCH3 is 2. The third-order valence-electron chi connectivity index (χ3n) is 2.17. The lowest BCUT2D eigenvalue weighted by Gasteiger charge is -2.03. The van der Waals surface area contributed by atoms with E-state index in [1.807, 2.05) is 25.1 Å². The molecule has 0 atom stereocenters. The molecule has 0 aliphatic carbocycles. The zero-order valence-corrected chi connectivity index (χ0v) is 8.46. The fourth-order valence-electron chi connectivity index (χ4n) is 1.54. The minimum absolute atomic E-state index is 0.730. The molecular weight excluding hydrogens is 180 g/mol. The maximum atomic E-state index is 5.53. The van der Waals surface area contributed by atoms with Crippen LogP contribution in [0.4, 0.5) is 0 Å². The van der Waals surface area contributed by atoms with E-state index < -0.39 is 0 Å². The summed E-state index contributed by atoms with van der Waals surface area (Å²) in [5.41, 5.74) is 0.740. The Bertz CT molecular complexity index is 416. The van der Waals surface area contributed by atoms with Gasteiger partial charge in [-0.2, -0.15) is 0 Å². The van der Waals surface area contributed by atoms with Crippen molar-refractivity contribution in [2.24, 2.45) is 0 Å². The van der Waals surface area contributed by atoms with Gasteiger partial charge in [0, 0.05) is 0 Å². The van der Waals surface area contributed by atoms with Gasteiger partial charge in [-0.15, -0.1) is 0 Å². The van der Waals surface area contributed by atoms with E-state index in [0.29, 0.717) is 0 Å². The van der Waals surface area contributed by atoms with Crippen LogP contribution in [0.3, 0.4) is 0 Å². The summed E-state index contributed by atoms with van der Waals surface area (Å²) in [4.78, 5) is 0. The van der Waals surface area contributed by atoms with Crippen LogP contribution < -0.4 is 9.47 Å². The van der Waals surface area contributed by atoms with Crippen LogP contribution >= 0.6 is 0 Å². The van der Waals surface area contributed by atoms with Gasteiger partial charge in [0.25, 0.3) is 0 Å². The number of aryl methyl sites for hydroxylation is 1. The Morgan fingerprint density at radius 1 is 1.07 bits per heavy atom. The van der Waals surface area contributed by atoms with Gasteiger partial charge in [-0.3, -0.25) is 0 Å². The molecule has 0 unspecified atom stereocenters. The van der Waals surface area contributed by atoms with Gasteiger partial charge in [-0.25, -0.2) is 0 Å². The molecule has 2 aromatic rings. The van der Waals surface area contributed by atoms with Crippen molar-refractivity contribution in [1.29, 1.82) is 0 Å². The van der Waals surface area contributed by atoms with Crippen molar-refractivity contribution in [3.05, 3.63) is 24.0 Å². The van der Waals surface area contributed by atoms with Gasteiger partial charge in [-0.05, 0) is 25.1 Å². The summed E-state index contributed by atoms with van der Waals surface area (Å²) < 4.78 is 15.9. The Hall–Kier alpha value is -1.64. The molecule has 0 aliphatic rings. The van der Waals surface area contributed by atoms with Crippen LogP contribution in [-0.2, 0) is 0 Å². The number of ether oxygens (including phenoxy) is 2. The van der Waals surface area contributed by atoms with Crippen LogP contribution in [0.2, 0.25) is 0 Å². The Labute approximate surface area is 82.2 Å². The summed E-state index contributed by atoms with van der Waals surface area (Å²) in [5, 5.41) is 0.948. The Morgan fingerprint density at radius 2 is 1.71 bits per heavy atom. The lowest BCUT2D eigenvalue weighted by atomic mass is 10.2. The summed E-state index contributed by atoms with van der Waals surface area (Å²) in [5.74, 6) is 2.38. The lowest BCUT2D eigenvalue weighted by Crippen LogP contribution is -1.86. The molecule has 0 fully saturated rings. The second-order valence-electron chi connectivity index (χ2n) is 3.07. The van der Waals surface area contributed by atoms with Crippen LogP contribution in [0, 0.1) is 6.92 Å². The fourth-order valence-corrected chi connectivity index (χ4v) is 1.54. The first-order chi connectivity index (χ1) is 6.76. The number of fused-ring (bicyclic) bond motifs is 1. The molecule has 1 aromatic heterocycles. The number of furan rings is 1. The minimum Gasteiger partial charge on any atom is -0.496 e. The molecule has 1 heterocycles. The van der Waals surface area contributed by atoms with Crippen LogP contribution in [0.15, 0.2) is 22.6 Å². The summed E-state index contributed by atoms with van der Waals surface area (Å²) in [7, 11) is 3.27. The maximum absolute atomic E-state index is 5.53. The first kappa shape index (κ1) is 8.94. The summed E-state index contributed by atoms with van der Waals surface area (Å²) in [6.45, 7) is 1.90. The molecular formula is C11H12O3. The maximum Gasteiger partial charge on any atom is 0.179 e. The fraction of sp³-hybridized carbons (Fsp3) is 0.273. The van der Waals surface area contributed by atoms with E-state index in [9.17, 15) is 0 Å². The van der Waals surface area contributed by atoms with E-state index in [-0.39, 0.29) is 0 Å². The molecule has 14 heavy (non-hydrogen) atoms. The van der Waals surface area contributed by atoms with E-state index in [2.05, 4.69) is 0 Å². The Kier molecular flexibility index (Phi) is 2.08. The number of hydrogen-bond donors (Lipinski definition) is 0. The van der Waals surface area contributed by atoms with E-state index in [0.717, 1.165) is 28.2 Å². The second kappa shape index (κ2) is 3.25. The van der Waals surface area contributed by atoms with Crippen molar-refractivity contribution in [2.75, 3.05) is 14.2 Å². The van der Waals surface area contributed by atoms with Crippen molar-refractivity contribution in [2.45, 2.75) is 6.92 Å². The number of rotatable bonds is 2. The van der Waals surface area contributed by atoms with Crippen molar-refractivity contribution in [3.63, 3.8) is 0 Å². The van der Waals surface area contributed by atoms with Crippen LogP contribution in [0.1, 0.15) is 5.76 Å². The van der Waals surface area contributed by atoms with Gasteiger partial charge in [0.2, 0.25) is 0 Å². The molecule has 0 saturated carbocycles. The van der Waals surface area contributed by atoms with Gasteiger partial charge in [0.15, 0.2) is 11.3 Å². The van der Waals surface area contributed by atoms with Crippen LogP contribution in [0.25, 0.3) is 11.0 Å². The monoisotopic (exact) mass is 192 g/mol. The molecule has 0 spiro atoms. The molecule has 2 rings (SSSR count). The molecule has 0 N–H and O–H groups in total. The van der Waals surface area contributed by atoms with E-state index in [4.69, 9.17) is 13.9 Å². The SMILES string of the molecule is COc1ccc(OC)c2oc(C)cc12. The van der Waals surface area contributed by atoms with Gasteiger partial charge in [0.05, 0.1) is 19.6 Å². The van der Waals surface area contributed by atoms with Gasteiger partial charge in [0.1, 0.15) is 11.5 Å². The van der Waals surface area contributed by atoms with Gasteiger partial charge < -0.3 is 13.9 Å². The molecule has 1 aromatic carbocycles. The average Bonchev–Trinajstić information content (AvgIpc) is 2.57. The molecule has 0 saturated heterocycles. The third kappa shape index (κ3) is 1.21. The Balaban J connectivity index is 2.77. The van der Waals surface area contributed by atoms with Crippen LogP contribution in [-0.4, -0.2) is 14.2 Å². The number of hydrogen-bond acceptors (Lipinski definition) is 3. The number of benzene rings is 1. The smallest absolute Gasteiger partial charge is 0.179 e. The highest BCUT2D eigenvalue weighted by Crippen LogP contribution is 2.35. The van der Waals surface area contributed by atoms with Crippen molar-refractivity contribution < 1.29 is 13.9 Å². The zero-order valence-electron chi connectivity index (χ0n) is 8.46. The first-order valence-electron chi connectivity index (χ1n) is 4.37. The highest BCUT2D eigenvalue weighted by Gasteiger charge is 2.11. The van der Waals surface area contributed by atoms with Gasteiger partial charge in [-0.1, -0.05) is 0 Å². The molecule has 3 nitrogen and oxygen atoms in total. The average molecular weight is 192 g/mol. The van der Waals surface area contributed by atoms with Crippen molar-refractivity contribution >= 4 is 11.0 Å². The molecule has 74 valence electrons. The van der Waals surface area contributed by atoms with Crippen molar-refractivity contribution in [3.8, 4) is 11.5 Å².